The van der Waals surface area contributed by atoms with Crippen LogP contribution in [0.2, 0.25) is 5.02 Å². The van der Waals surface area contributed by atoms with Crippen LogP contribution < -0.4 is 5.32 Å². The Balaban J connectivity index is 2.01. The Morgan fingerprint density at radius 2 is 1.78 bits per heavy atom. The number of hydrogen-bond donors (Lipinski definition) is 1. The van der Waals surface area contributed by atoms with Crippen LogP contribution in [0.4, 0.5) is 5.69 Å². The summed E-state index contributed by atoms with van der Waals surface area (Å²) in [6.07, 6.45) is 7.03. The highest BCUT2D eigenvalue weighted by Gasteiger charge is 2.15. The molecule has 1 saturated heterocycles. The minimum atomic E-state index is -3.33. The number of likely N-dealkylation sites (tertiary alicyclic amines) is 1. The normalized spacial score (nSPS) is 17.3. The van der Waals surface area contributed by atoms with Crippen molar-refractivity contribution < 1.29 is 13.2 Å². The molecule has 23 heavy (non-hydrogen) atoms. The summed E-state index contributed by atoms with van der Waals surface area (Å²) < 4.78 is 23.2. The molecule has 0 aliphatic carbocycles. The number of sulfone groups is 1. The second-order valence-corrected chi connectivity index (χ2v) is 8.43. The number of carbonyl (C=O) groups is 1. The van der Waals surface area contributed by atoms with Gasteiger partial charge in [-0.1, -0.05) is 30.9 Å². The predicted octanol–water partition coefficient (Wildman–Crippen LogP) is 2.95. The summed E-state index contributed by atoms with van der Waals surface area (Å²) in [5.41, 5.74) is 0.339. The van der Waals surface area contributed by atoms with Gasteiger partial charge in [0, 0.05) is 6.26 Å². The molecule has 1 amide bonds. The first-order valence-corrected chi connectivity index (χ1v) is 10.1. The Morgan fingerprint density at radius 1 is 1.17 bits per heavy atom. The van der Waals surface area contributed by atoms with Crippen molar-refractivity contribution in [3.05, 3.63) is 23.2 Å². The molecular formula is C16H23ClN2O3S. The maximum atomic E-state index is 12.2. The van der Waals surface area contributed by atoms with Crippen molar-refractivity contribution in [3.63, 3.8) is 0 Å². The number of rotatable bonds is 4. The molecule has 1 aromatic rings. The van der Waals surface area contributed by atoms with E-state index in [1.54, 1.807) is 0 Å². The molecule has 0 aromatic heterocycles. The van der Waals surface area contributed by atoms with Crippen LogP contribution in [-0.4, -0.2) is 45.1 Å². The smallest absolute Gasteiger partial charge is 0.238 e. The zero-order valence-electron chi connectivity index (χ0n) is 13.3. The van der Waals surface area contributed by atoms with Crippen LogP contribution in [0.25, 0.3) is 0 Å². The summed E-state index contributed by atoms with van der Waals surface area (Å²) >= 11 is 6.06. The molecule has 1 heterocycles. The van der Waals surface area contributed by atoms with Crippen molar-refractivity contribution in [2.24, 2.45) is 0 Å². The van der Waals surface area contributed by atoms with Gasteiger partial charge in [0.05, 0.1) is 22.2 Å². The van der Waals surface area contributed by atoms with Gasteiger partial charge in [0.15, 0.2) is 9.84 Å². The monoisotopic (exact) mass is 358 g/mol. The third kappa shape index (κ3) is 5.79. The van der Waals surface area contributed by atoms with Gasteiger partial charge >= 0.3 is 0 Å². The fourth-order valence-corrected chi connectivity index (χ4v) is 3.51. The molecule has 1 aromatic carbocycles. The van der Waals surface area contributed by atoms with E-state index < -0.39 is 9.84 Å². The third-order valence-electron chi connectivity index (χ3n) is 3.96. The number of carbonyl (C=O) groups excluding carboxylic acids is 1. The molecule has 1 fully saturated rings. The quantitative estimate of drug-likeness (QED) is 0.898. The highest BCUT2D eigenvalue weighted by Crippen LogP contribution is 2.25. The summed E-state index contributed by atoms with van der Waals surface area (Å²) in [5.74, 6) is -0.168. The topological polar surface area (TPSA) is 66.5 Å². The number of hydrogen-bond acceptors (Lipinski definition) is 4. The average Bonchev–Trinajstić information content (AvgIpc) is 2.43. The molecule has 0 spiro atoms. The summed E-state index contributed by atoms with van der Waals surface area (Å²) in [5, 5.41) is 3.06. The van der Waals surface area contributed by atoms with Gasteiger partial charge in [-0.2, -0.15) is 0 Å². The summed E-state index contributed by atoms with van der Waals surface area (Å²) in [6.45, 7) is 2.15. The van der Waals surface area contributed by atoms with E-state index in [0.717, 1.165) is 32.2 Å². The summed E-state index contributed by atoms with van der Waals surface area (Å²) in [6, 6.07) is 4.33. The number of amides is 1. The van der Waals surface area contributed by atoms with E-state index in [9.17, 15) is 13.2 Å². The maximum absolute atomic E-state index is 12.2. The molecule has 0 bridgehead atoms. The van der Waals surface area contributed by atoms with Crippen molar-refractivity contribution in [1.29, 1.82) is 0 Å². The molecule has 1 aliphatic heterocycles. The van der Waals surface area contributed by atoms with Gasteiger partial charge in [-0.15, -0.1) is 0 Å². The van der Waals surface area contributed by atoms with Gasteiger partial charge in [-0.05, 0) is 44.1 Å². The van der Waals surface area contributed by atoms with Crippen LogP contribution in [-0.2, 0) is 14.6 Å². The lowest BCUT2D eigenvalue weighted by atomic mass is 10.1. The number of nitrogens with zero attached hydrogens (tertiary/aromatic N) is 1. The van der Waals surface area contributed by atoms with E-state index in [1.807, 2.05) is 0 Å². The highest BCUT2D eigenvalue weighted by atomic mass is 35.5. The first-order chi connectivity index (χ1) is 10.9. The van der Waals surface area contributed by atoms with Crippen LogP contribution in [0.3, 0.4) is 0 Å². The van der Waals surface area contributed by atoms with Crippen molar-refractivity contribution in [2.45, 2.75) is 37.0 Å². The van der Waals surface area contributed by atoms with Crippen molar-refractivity contribution in [1.82, 2.24) is 4.90 Å². The predicted molar refractivity (Wildman–Crippen MR) is 92.7 cm³/mol. The van der Waals surface area contributed by atoms with Crippen LogP contribution in [0.15, 0.2) is 23.1 Å². The Kier molecular flexibility index (Phi) is 6.44. The lowest BCUT2D eigenvalue weighted by molar-refractivity contribution is -0.117. The van der Waals surface area contributed by atoms with E-state index in [0.29, 0.717) is 17.3 Å². The first kappa shape index (κ1) is 18.2. The van der Waals surface area contributed by atoms with Crippen LogP contribution in [0.5, 0.6) is 0 Å². The fraction of sp³-hybridized carbons (Fsp3) is 0.562. The van der Waals surface area contributed by atoms with Crippen LogP contribution in [0.1, 0.15) is 32.1 Å². The second kappa shape index (κ2) is 8.13. The number of nitrogens with one attached hydrogen (secondary N) is 1. The molecule has 0 unspecified atom stereocenters. The Bertz CT molecular complexity index is 653. The minimum absolute atomic E-state index is 0.142. The fourth-order valence-electron chi connectivity index (χ4n) is 2.69. The summed E-state index contributed by atoms with van der Waals surface area (Å²) in [7, 11) is -3.33. The maximum Gasteiger partial charge on any atom is 0.238 e. The molecular weight excluding hydrogens is 336 g/mol. The van der Waals surface area contributed by atoms with Gasteiger partial charge < -0.3 is 5.32 Å². The van der Waals surface area contributed by atoms with E-state index in [2.05, 4.69) is 10.2 Å². The lowest BCUT2D eigenvalue weighted by Crippen LogP contribution is -2.35. The van der Waals surface area contributed by atoms with E-state index in [4.69, 9.17) is 11.6 Å². The molecule has 0 atom stereocenters. The van der Waals surface area contributed by atoms with Gasteiger partial charge in [0.2, 0.25) is 5.91 Å². The Morgan fingerprint density at radius 3 is 2.39 bits per heavy atom. The molecule has 1 aliphatic rings. The van der Waals surface area contributed by atoms with Crippen molar-refractivity contribution in [3.8, 4) is 0 Å². The number of anilines is 1. The van der Waals surface area contributed by atoms with Crippen LogP contribution in [0, 0.1) is 0 Å². The molecule has 128 valence electrons. The van der Waals surface area contributed by atoms with Crippen molar-refractivity contribution in [2.75, 3.05) is 31.2 Å². The average molecular weight is 359 g/mol. The zero-order chi connectivity index (χ0) is 16.9. The van der Waals surface area contributed by atoms with Gasteiger partial charge in [0.1, 0.15) is 0 Å². The van der Waals surface area contributed by atoms with E-state index in [-0.39, 0.29) is 10.8 Å². The zero-order valence-corrected chi connectivity index (χ0v) is 14.9. The summed E-state index contributed by atoms with van der Waals surface area (Å²) in [4.78, 5) is 14.5. The molecule has 1 N–H and O–H groups in total. The molecule has 7 heteroatoms. The SMILES string of the molecule is CS(=O)(=O)c1ccc(Cl)c(NC(=O)CN2CCCCCCC2)c1. The lowest BCUT2D eigenvalue weighted by Gasteiger charge is -2.23. The van der Waals surface area contributed by atoms with Crippen LogP contribution >= 0.6 is 11.6 Å². The van der Waals surface area contributed by atoms with Gasteiger partial charge in [-0.3, -0.25) is 9.69 Å². The largest absolute Gasteiger partial charge is 0.324 e. The standard InChI is InChI=1S/C16H23ClN2O3S/c1-23(21,22)13-7-8-14(17)15(11-13)18-16(20)12-19-9-5-3-2-4-6-10-19/h7-8,11H,2-6,9-10,12H2,1H3,(H,18,20). The minimum Gasteiger partial charge on any atom is -0.324 e. The van der Waals surface area contributed by atoms with E-state index >= 15 is 0 Å². The van der Waals surface area contributed by atoms with Crippen molar-refractivity contribution >= 4 is 33.0 Å². The molecule has 5 nitrogen and oxygen atoms in total. The van der Waals surface area contributed by atoms with Gasteiger partial charge in [-0.25, -0.2) is 8.42 Å². The first-order valence-electron chi connectivity index (χ1n) is 7.88. The molecule has 0 radical (unpaired) electrons. The molecule has 0 saturated carbocycles. The Hall–Kier alpha value is -1.11. The highest BCUT2D eigenvalue weighted by molar-refractivity contribution is 7.90. The number of benzene rings is 1. The van der Waals surface area contributed by atoms with E-state index in [1.165, 1.54) is 37.5 Å². The second-order valence-electron chi connectivity index (χ2n) is 6.01. The molecule has 2 rings (SSSR count). The third-order valence-corrected chi connectivity index (χ3v) is 5.40. The van der Waals surface area contributed by atoms with Gasteiger partial charge in [0.25, 0.3) is 0 Å². The Labute approximate surface area is 142 Å². The number of halogens is 1.